The number of hydrogen-bond donors (Lipinski definition) is 2. The van der Waals surface area contributed by atoms with Gasteiger partial charge in [-0.3, -0.25) is 4.72 Å². The number of rotatable bonds is 3. The summed E-state index contributed by atoms with van der Waals surface area (Å²) in [6.45, 7) is 1.88. The zero-order valence-electron chi connectivity index (χ0n) is 8.53. The zero-order valence-corrected chi connectivity index (χ0v) is 9.34. The van der Waals surface area contributed by atoms with Crippen LogP contribution in [0.15, 0.2) is 18.2 Å². The first-order valence-corrected chi connectivity index (χ1v) is 6.41. The van der Waals surface area contributed by atoms with E-state index in [2.05, 4.69) is 4.72 Å². The summed E-state index contributed by atoms with van der Waals surface area (Å²) in [4.78, 5) is 0. The van der Waals surface area contributed by atoms with Crippen LogP contribution >= 0.6 is 0 Å². The van der Waals surface area contributed by atoms with Gasteiger partial charge in [-0.05, 0) is 37.5 Å². The first-order valence-electron chi connectivity index (χ1n) is 4.87. The quantitative estimate of drug-likeness (QED) is 0.767. The van der Waals surface area contributed by atoms with Crippen LogP contribution in [0.25, 0.3) is 0 Å². The van der Waals surface area contributed by atoms with Gasteiger partial charge in [0.2, 0.25) is 10.0 Å². The van der Waals surface area contributed by atoms with Crippen LogP contribution in [0.2, 0.25) is 0 Å². The first kappa shape index (κ1) is 10.3. The number of benzene rings is 1. The molecule has 1 aromatic carbocycles. The number of anilines is 2. The highest BCUT2D eigenvalue weighted by molar-refractivity contribution is 7.93. The second-order valence-electron chi connectivity index (χ2n) is 3.92. The standard InChI is InChI=1S/C10H14N2O2S/c1-7-2-3-8(6-10(7)11)12-15(13,14)9-4-5-9/h2-3,6,9,12H,4-5,11H2,1H3. The van der Waals surface area contributed by atoms with Crippen molar-refractivity contribution in [3.05, 3.63) is 23.8 Å². The number of nitrogens with one attached hydrogen (secondary N) is 1. The Kier molecular flexibility index (Phi) is 2.34. The summed E-state index contributed by atoms with van der Waals surface area (Å²) in [6.07, 6.45) is 1.52. The lowest BCUT2D eigenvalue weighted by molar-refractivity contribution is 0.600. The lowest BCUT2D eigenvalue weighted by Crippen LogP contribution is -2.17. The fraction of sp³-hybridized carbons (Fsp3) is 0.400. The van der Waals surface area contributed by atoms with Crippen molar-refractivity contribution in [2.45, 2.75) is 25.0 Å². The van der Waals surface area contributed by atoms with Crippen molar-refractivity contribution < 1.29 is 8.42 Å². The van der Waals surface area contributed by atoms with Crippen LogP contribution in [0.3, 0.4) is 0 Å². The Labute approximate surface area is 89.5 Å². The van der Waals surface area contributed by atoms with Crippen LogP contribution < -0.4 is 10.5 Å². The summed E-state index contributed by atoms with van der Waals surface area (Å²) in [5, 5.41) is -0.208. The molecule has 0 heterocycles. The summed E-state index contributed by atoms with van der Waals surface area (Å²) in [5.41, 5.74) is 7.79. The molecule has 0 radical (unpaired) electrons. The van der Waals surface area contributed by atoms with E-state index in [1.807, 2.05) is 6.92 Å². The van der Waals surface area contributed by atoms with E-state index in [-0.39, 0.29) is 5.25 Å². The molecule has 0 aromatic heterocycles. The molecule has 4 nitrogen and oxygen atoms in total. The van der Waals surface area contributed by atoms with Gasteiger partial charge in [-0.2, -0.15) is 0 Å². The van der Waals surface area contributed by atoms with E-state index in [1.165, 1.54) is 0 Å². The van der Waals surface area contributed by atoms with Crippen LogP contribution in [0.5, 0.6) is 0 Å². The monoisotopic (exact) mass is 226 g/mol. The average molecular weight is 226 g/mol. The molecule has 1 aromatic rings. The third-order valence-corrected chi connectivity index (χ3v) is 4.37. The molecule has 0 unspecified atom stereocenters. The molecule has 3 N–H and O–H groups in total. The Hall–Kier alpha value is -1.23. The van der Waals surface area contributed by atoms with E-state index < -0.39 is 10.0 Å². The summed E-state index contributed by atoms with van der Waals surface area (Å²) in [7, 11) is -3.18. The summed E-state index contributed by atoms with van der Waals surface area (Å²) >= 11 is 0. The zero-order chi connectivity index (χ0) is 11.1. The Morgan fingerprint density at radius 1 is 1.40 bits per heavy atom. The number of nitrogens with two attached hydrogens (primary N) is 1. The van der Waals surface area contributed by atoms with Crippen molar-refractivity contribution in [3.8, 4) is 0 Å². The van der Waals surface area contributed by atoms with Crippen molar-refractivity contribution in [2.24, 2.45) is 0 Å². The van der Waals surface area contributed by atoms with Crippen molar-refractivity contribution in [1.82, 2.24) is 0 Å². The second kappa shape index (κ2) is 3.41. The Bertz CT molecular complexity index is 478. The Balaban J connectivity index is 2.21. The number of sulfonamides is 1. The summed E-state index contributed by atoms with van der Waals surface area (Å²) in [6, 6.07) is 5.18. The lowest BCUT2D eigenvalue weighted by atomic mass is 10.2. The molecule has 1 saturated carbocycles. The van der Waals surface area contributed by atoms with E-state index in [9.17, 15) is 8.42 Å². The molecular weight excluding hydrogens is 212 g/mol. The minimum absolute atomic E-state index is 0.208. The Morgan fingerprint density at radius 3 is 2.60 bits per heavy atom. The predicted octanol–water partition coefficient (Wildman–Crippen LogP) is 1.48. The van der Waals surface area contributed by atoms with Gasteiger partial charge in [0.05, 0.1) is 10.9 Å². The van der Waals surface area contributed by atoms with E-state index in [4.69, 9.17) is 5.73 Å². The molecular formula is C10H14N2O2S. The second-order valence-corrected chi connectivity index (χ2v) is 5.88. The first-order chi connectivity index (χ1) is 6.99. The minimum Gasteiger partial charge on any atom is -0.398 e. The molecule has 1 fully saturated rings. The van der Waals surface area contributed by atoms with E-state index >= 15 is 0 Å². The lowest BCUT2D eigenvalue weighted by Gasteiger charge is -2.08. The normalized spacial score (nSPS) is 16.3. The topological polar surface area (TPSA) is 72.2 Å². The fourth-order valence-corrected chi connectivity index (χ4v) is 2.71. The van der Waals surface area contributed by atoms with Gasteiger partial charge in [-0.25, -0.2) is 8.42 Å². The molecule has 1 aliphatic carbocycles. The van der Waals surface area contributed by atoms with Crippen molar-refractivity contribution in [3.63, 3.8) is 0 Å². The average Bonchev–Trinajstić information content (AvgIpc) is 2.93. The van der Waals surface area contributed by atoms with Gasteiger partial charge in [0.15, 0.2) is 0 Å². The smallest absolute Gasteiger partial charge is 0.235 e. The molecule has 1 aliphatic rings. The van der Waals surface area contributed by atoms with Gasteiger partial charge in [0.1, 0.15) is 0 Å². The van der Waals surface area contributed by atoms with Gasteiger partial charge < -0.3 is 5.73 Å². The third-order valence-electron chi connectivity index (χ3n) is 2.50. The van der Waals surface area contributed by atoms with E-state index in [0.29, 0.717) is 11.4 Å². The van der Waals surface area contributed by atoms with Gasteiger partial charge in [-0.1, -0.05) is 6.07 Å². The van der Waals surface area contributed by atoms with Crippen molar-refractivity contribution in [2.75, 3.05) is 10.5 Å². The Morgan fingerprint density at radius 2 is 2.07 bits per heavy atom. The highest BCUT2D eigenvalue weighted by Gasteiger charge is 2.35. The molecule has 0 amide bonds. The van der Waals surface area contributed by atoms with Gasteiger partial charge in [0, 0.05) is 5.69 Å². The number of aryl methyl sites for hydroxylation is 1. The van der Waals surface area contributed by atoms with Gasteiger partial charge in [0.25, 0.3) is 0 Å². The molecule has 0 saturated heterocycles. The molecule has 0 spiro atoms. The number of hydrogen-bond acceptors (Lipinski definition) is 3. The molecule has 0 bridgehead atoms. The van der Waals surface area contributed by atoms with Crippen LogP contribution in [0.1, 0.15) is 18.4 Å². The summed E-state index contributed by atoms with van der Waals surface area (Å²) in [5.74, 6) is 0. The number of nitrogen functional groups attached to an aromatic ring is 1. The highest BCUT2D eigenvalue weighted by Crippen LogP contribution is 2.30. The minimum atomic E-state index is -3.18. The largest absolute Gasteiger partial charge is 0.398 e. The third kappa shape index (κ3) is 2.23. The molecule has 5 heteroatoms. The van der Waals surface area contributed by atoms with Crippen LogP contribution in [-0.2, 0) is 10.0 Å². The summed E-state index contributed by atoms with van der Waals surface area (Å²) < 4.78 is 25.8. The van der Waals surface area contributed by atoms with Crippen LogP contribution in [0, 0.1) is 6.92 Å². The van der Waals surface area contributed by atoms with Crippen molar-refractivity contribution in [1.29, 1.82) is 0 Å². The SMILES string of the molecule is Cc1ccc(NS(=O)(=O)C2CC2)cc1N. The van der Waals surface area contributed by atoms with Crippen molar-refractivity contribution >= 4 is 21.4 Å². The molecule has 0 atom stereocenters. The molecule has 15 heavy (non-hydrogen) atoms. The van der Waals surface area contributed by atoms with E-state index in [1.54, 1.807) is 18.2 Å². The fourth-order valence-electron chi connectivity index (χ4n) is 1.33. The maximum Gasteiger partial charge on any atom is 0.235 e. The van der Waals surface area contributed by atoms with E-state index in [0.717, 1.165) is 18.4 Å². The predicted molar refractivity (Wildman–Crippen MR) is 61.2 cm³/mol. The van der Waals surface area contributed by atoms with Crippen LogP contribution in [-0.4, -0.2) is 13.7 Å². The molecule has 82 valence electrons. The highest BCUT2D eigenvalue weighted by atomic mass is 32.2. The molecule has 0 aliphatic heterocycles. The molecule has 2 rings (SSSR count). The van der Waals surface area contributed by atoms with Crippen LogP contribution in [0.4, 0.5) is 11.4 Å². The maximum absolute atomic E-state index is 11.6. The van der Waals surface area contributed by atoms with Gasteiger partial charge >= 0.3 is 0 Å². The maximum atomic E-state index is 11.6. The van der Waals surface area contributed by atoms with Gasteiger partial charge in [-0.15, -0.1) is 0 Å².